The van der Waals surface area contributed by atoms with Crippen molar-refractivity contribution >= 4 is 18.2 Å². The number of aliphatic hydroxyl groups excluding tert-OH is 1. The number of nitrogens with two attached hydrogens (primary N) is 1. The number of aliphatic imine (C=N–C) groups is 1. The van der Waals surface area contributed by atoms with Crippen molar-refractivity contribution in [2.45, 2.75) is 6.35 Å². The first-order valence-electron chi connectivity index (χ1n) is 2.29. The lowest BCUT2D eigenvalue weighted by atomic mass is 10.6. The van der Waals surface area contributed by atoms with Crippen molar-refractivity contribution in [3.63, 3.8) is 0 Å². The van der Waals surface area contributed by atoms with Gasteiger partial charge in [-0.1, -0.05) is 0 Å². The lowest BCUT2D eigenvalue weighted by molar-refractivity contribution is 0.152. The Morgan fingerprint density at radius 3 is 2.67 bits per heavy atom. The molecule has 0 aromatic heterocycles. The smallest absolute Gasteiger partial charge is 0.220 e. The number of halogens is 1. The third-order valence-corrected chi connectivity index (χ3v) is 0.817. The van der Waals surface area contributed by atoms with Crippen LogP contribution in [0.25, 0.3) is 0 Å². The monoisotopic (exact) mass is 152 g/mol. The van der Waals surface area contributed by atoms with E-state index in [4.69, 9.17) is 10.8 Å². The minimum absolute atomic E-state index is 0. The summed E-state index contributed by atoms with van der Waals surface area (Å²) < 4.78 is 0. The molecule has 0 aromatic carbocycles. The maximum Gasteiger partial charge on any atom is 0.220 e. The Balaban J connectivity index is 0.000000640. The zero-order valence-corrected chi connectivity index (χ0v) is 5.48. The second kappa shape index (κ2) is 3.62. The average molecular weight is 153 g/mol. The summed E-state index contributed by atoms with van der Waals surface area (Å²) in [5.74, 6) is 0.581. The quantitative estimate of drug-likeness (QED) is 0.356. The van der Waals surface area contributed by atoms with E-state index in [1.54, 1.807) is 0 Å². The number of hydrogen-bond acceptors (Lipinski definition) is 5. The van der Waals surface area contributed by atoms with E-state index in [-0.39, 0.29) is 12.4 Å². The third-order valence-electron chi connectivity index (χ3n) is 0.817. The van der Waals surface area contributed by atoms with E-state index in [2.05, 4.69) is 15.8 Å². The van der Waals surface area contributed by atoms with Crippen LogP contribution in [0.4, 0.5) is 0 Å². The molecule has 0 aromatic rings. The maximum atomic E-state index is 8.61. The molecule has 6 heteroatoms. The SMILES string of the molecule is Cl.NCC1=NC(O)NN1. The molecule has 0 bridgehead atoms. The second-order valence-corrected chi connectivity index (χ2v) is 1.42. The summed E-state index contributed by atoms with van der Waals surface area (Å²) in [7, 11) is 0. The van der Waals surface area contributed by atoms with Gasteiger partial charge in [0, 0.05) is 0 Å². The molecule has 1 heterocycles. The van der Waals surface area contributed by atoms with Crippen LogP contribution in [0.15, 0.2) is 4.99 Å². The van der Waals surface area contributed by atoms with Gasteiger partial charge in [-0.05, 0) is 0 Å². The molecule has 1 atom stereocenters. The summed E-state index contributed by atoms with van der Waals surface area (Å²) in [6, 6.07) is 0. The zero-order chi connectivity index (χ0) is 5.98. The van der Waals surface area contributed by atoms with E-state index < -0.39 is 6.35 Å². The van der Waals surface area contributed by atoms with E-state index in [1.165, 1.54) is 0 Å². The van der Waals surface area contributed by atoms with Gasteiger partial charge in [0.2, 0.25) is 6.35 Å². The maximum absolute atomic E-state index is 8.61. The molecule has 9 heavy (non-hydrogen) atoms. The highest BCUT2D eigenvalue weighted by molar-refractivity contribution is 5.85. The fourth-order valence-corrected chi connectivity index (χ4v) is 0.464. The van der Waals surface area contributed by atoms with E-state index in [9.17, 15) is 0 Å². The van der Waals surface area contributed by atoms with Crippen molar-refractivity contribution in [3.05, 3.63) is 0 Å². The third kappa shape index (κ3) is 2.15. The van der Waals surface area contributed by atoms with E-state index in [0.29, 0.717) is 12.4 Å². The summed E-state index contributed by atoms with van der Waals surface area (Å²) in [4.78, 5) is 3.63. The van der Waals surface area contributed by atoms with Crippen LogP contribution >= 0.6 is 12.4 Å². The number of amidine groups is 1. The molecule has 1 rings (SSSR count). The van der Waals surface area contributed by atoms with Crippen molar-refractivity contribution in [2.75, 3.05) is 6.54 Å². The Bertz CT molecular complexity index is 116. The molecule has 54 valence electrons. The van der Waals surface area contributed by atoms with Crippen LogP contribution in [0.5, 0.6) is 0 Å². The van der Waals surface area contributed by atoms with Gasteiger partial charge >= 0.3 is 0 Å². The van der Waals surface area contributed by atoms with Crippen molar-refractivity contribution in [2.24, 2.45) is 10.7 Å². The van der Waals surface area contributed by atoms with Gasteiger partial charge in [-0.25, -0.2) is 4.99 Å². The normalized spacial score (nSPS) is 24.2. The molecule has 5 N–H and O–H groups in total. The van der Waals surface area contributed by atoms with E-state index in [1.807, 2.05) is 0 Å². The Kier molecular flexibility index (Phi) is 3.48. The highest BCUT2D eigenvalue weighted by Gasteiger charge is 2.08. The van der Waals surface area contributed by atoms with Gasteiger partial charge in [-0.3, -0.25) is 0 Å². The fourth-order valence-electron chi connectivity index (χ4n) is 0.464. The predicted octanol–water partition coefficient (Wildman–Crippen LogP) is -1.85. The largest absolute Gasteiger partial charge is 0.358 e. The Hall–Kier alpha value is -0.360. The molecule has 0 amide bonds. The van der Waals surface area contributed by atoms with Crippen LogP contribution in [0.1, 0.15) is 0 Å². The first-order valence-corrected chi connectivity index (χ1v) is 2.29. The summed E-state index contributed by atoms with van der Waals surface area (Å²) in [6.07, 6.45) is -0.825. The topological polar surface area (TPSA) is 82.7 Å². The van der Waals surface area contributed by atoms with Gasteiger partial charge in [0.05, 0.1) is 6.54 Å². The molecule has 0 spiro atoms. The molecule has 1 unspecified atom stereocenters. The van der Waals surface area contributed by atoms with Crippen LogP contribution in [0, 0.1) is 0 Å². The standard InChI is InChI=1S/C3H8N4O.ClH/c4-1-2-5-3(8)7-6-2;/h3,7-8H,1,4H2,(H,5,6);1H. The summed E-state index contributed by atoms with van der Waals surface area (Å²) >= 11 is 0. The van der Waals surface area contributed by atoms with Crippen molar-refractivity contribution in [1.29, 1.82) is 0 Å². The molecule has 0 aliphatic carbocycles. The first-order chi connectivity index (χ1) is 3.83. The molecule has 0 fully saturated rings. The van der Waals surface area contributed by atoms with E-state index >= 15 is 0 Å². The van der Waals surface area contributed by atoms with Gasteiger partial charge in [0.15, 0.2) is 0 Å². The molecule has 0 radical (unpaired) electrons. The molecular weight excluding hydrogens is 144 g/mol. The summed E-state index contributed by atoms with van der Waals surface area (Å²) in [6.45, 7) is 0.323. The Labute approximate surface area is 58.7 Å². The number of rotatable bonds is 1. The van der Waals surface area contributed by atoms with Crippen molar-refractivity contribution in [1.82, 2.24) is 10.9 Å². The molecule has 5 nitrogen and oxygen atoms in total. The second-order valence-electron chi connectivity index (χ2n) is 1.42. The number of hydrazine groups is 1. The fraction of sp³-hybridized carbons (Fsp3) is 0.667. The summed E-state index contributed by atoms with van der Waals surface area (Å²) in [5.41, 5.74) is 10.2. The van der Waals surface area contributed by atoms with Crippen LogP contribution in [0.2, 0.25) is 0 Å². The molecular formula is C3H9ClN4O. The van der Waals surface area contributed by atoms with Crippen molar-refractivity contribution in [3.8, 4) is 0 Å². The van der Waals surface area contributed by atoms with Crippen LogP contribution in [-0.4, -0.2) is 23.8 Å². The summed E-state index contributed by atoms with van der Waals surface area (Å²) in [5, 5.41) is 8.61. The Morgan fingerprint density at radius 2 is 2.44 bits per heavy atom. The minimum atomic E-state index is -0.825. The lowest BCUT2D eigenvalue weighted by Crippen LogP contribution is -2.37. The van der Waals surface area contributed by atoms with Crippen molar-refractivity contribution < 1.29 is 5.11 Å². The van der Waals surface area contributed by atoms with Crippen LogP contribution < -0.4 is 16.6 Å². The molecule has 0 saturated carbocycles. The highest BCUT2D eigenvalue weighted by Crippen LogP contribution is 1.84. The average Bonchev–Trinajstić information content (AvgIpc) is 2.14. The zero-order valence-electron chi connectivity index (χ0n) is 4.66. The molecule has 0 saturated heterocycles. The van der Waals surface area contributed by atoms with Gasteiger partial charge in [0.1, 0.15) is 5.84 Å². The minimum Gasteiger partial charge on any atom is -0.358 e. The first kappa shape index (κ1) is 8.64. The van der Waals surface area contributed by atoms with Gasteiger partial charge in [-0.2, -0.15) is 5.43 Å². The highest BCUT2D eigenvalue weighted by atomic mass is 35.5. The number of nitrogens with one attached hydrogen (secondary N) is 2. The number of aliphatic hydroxyl groups is 1. The number of nitrogens with zero attached hydrogens (tertiary/aromatic N) is 1. The van der Waals surface area contributed by atoms with E-state index in [0.717, 1.165) is 0 Å². The lowest BCUT2D eigenvalue weighted by Gasteiger charge is -1.95. The molecule has 1 aliphatic heterocycles. The van der Waals surface area contributed by atoms with Crippen LogP contribution in [-0.2, 0) is 0 Å². The van der Waals surface area contributed by atoms with Gasteiger partial charge < -0.3 is 16.3 Å². The van der Waals surface area contributed by atoms with Gasteiger partial charge in [-0.15, -0.1) is 12.4 Å². The predicted molar refractivity (Wildman–Crippen MR) is 36.0 cm³/mol. The Morgan fingerprint density at radius 1 is 1.78 bits per heavy atom. The molecule has 1 aliphatic rings. The van der Waals surface area contributed by atoms with Crippen LogP contribution in [0.3, 0.4) is 0 Å². The number of hydrogen-bond donors (Lipinski definition) is 4. The van der Waals surface area contributed by atoms with Gasteiger partial charge in [0.25, 0.3) is 0 Å².